The van der Waals surface area contributed by atoms with Crippen molar-refractivity contribution in [2.24, 2.45) is 7.05 Å². The van der Waals surface area contributed by atoms with Crippen LogP contribution in [-0.2, 0) is 13.5 Å². The van der Waals surface area contributed by atoms with E-state index in [9.17, 15) is 9.59 Å². The number of nitrogens with zero attached hydrogens (tertiary/aromatic N) is 6. The fourth-order valence-corrected chi connectivity index (χ4v) is 6.22. The molecule has 2 aromatic heterocycles. The maximum atomic E-state index is 13.3. The largest absolute Gasteiger partial charge is 0.357 e. The summed E-state index contributed by atoms with van der Waals surface area (Å²) in [6.45, 7) is 5.55. The lowest BCUT2D eigenvalue weighted by molar-refractivity contribution is 0.0602. The van der Waals surface area contributed by atoms with E-state index in [1.807, 2.05) is 60.0 Å². The van der Waals surface area contributed by atoms with Crippen LogP contribution in [0.2, 0.25) is 0 Å². The molecular weight excluding hydrogens is 536 g/mol. The highest BCUT2D eigenvalue weighted by Crippen LogP contribution is 2.30. The van der Waals surface area contributed by atoms with Crippen molar-refractivity contribution in [1.29, 1.82) is 0 Å². The summed E-state index contributed by atoms with van der Waals surface area (Å²) in [7, 11) is 6.19. The Labute approximate surface area is 253 Å². The summed E-state index contributed by atoms with van der Waals surface area (Å²) in [6.07, 6.45) is 5.96. The van der Waals surface area contributed by atoms with Crippen molar-refractivity contribution in [3.05, 3.63) is 101 Å². The third-order valence-electron chi connectivity index (χ3n) is 9.28. The molecule has 0 aliphatic carbocycles. The van der Waals surface area contributed by atoms with Crippen LogP contribution in [0, 0.1) is 6.92 Å². The van der Waals surface area contributed by atoms with Crippen LogP contribution in [0.25, 0.3) is 11.3 Å². The van der Waals surface area contributed by atoms with Crippen molar-refractivity contribution in [3.8, 4) is 11.3 Å². The molecule has 0 radical (unpaired) electrons. The number of aryl methyl sites for hydroxylation is 2. The number of hydrogen-bond acceptors (Lipinski definition) is 6. The quantitative estimate of drug-likeness (QED) is 0.275. The zero-order chi connectivity index (χ0) is 30.1. The Hall–Kier alpha value is -4.30. The Morgan fingerprint density at radius 2 is 1.65 bits per heavy atom. The van der Waals surface area contributed by atoms with E-state index in [4.69, 9.17) is 0 Å². The number of anilines is 1. The van der Waals surface area contributed by atoms with Gasteiger partial charge in [0.25, 0.3) is 5.91 Å². The van der Waals surface area contributed by atoms with Gasteiger partial charge in [-0.2, -0.15) is 5.10 Å². The van der Waals surface area contributed by atoms with Gasteiger partial charge in [0.15, 0.2) is 5.78 Å². The number of benzene rings is 2. The normalized spacial score (nSPS) is 16.2. The number of aromatic nitrogens is 3. The number of Topliss-reactive ketones (excluding diaryl/α,β-unsaturated/α-hetero) is 1. The molecule has 0 bridgehead atoms. The third-order valence-corrected chi connectivity index (χ3v) is 9.28. The van der Waals surface area contributed by atoms with Gasteiger partial charge in [0, 0.05) is 69.1 Å². The minimum atomic E-state index is 0.00674. The van der Waals surface area contributed by atoms with E-state index in [2.05, 4.69) is 58.2 Å². The van der Waals surface area contributed by atoms with Crippen LogP contribution in [0.3, 0.4) is 0 Å². The molecule has 6 rings (SSSR count). The van der Waals surface area contributed by atoms with Gasteiger partial charge in [0.2, 0.25) is 0 Å². The molecule has 2 aromatic carbocycles. The Morgan fingerprint density at radius 1 is 0.930 bits per heavy atom. The first-order valence-corrected chi connectivity index (χ1v) is 15.1. The molecule has 0 spiro atoms. The summed E-state index contributed by atoms with van der Waals surface area (Å²) in [5.74, 6) is 1.24. The van der Waals surface area contributed by atoms with Gasteiger partial charge in [-0.25, -0.2) is 4.98 Å². The van der Waals surface area contributed by atoms with Crippen molar-refractivity contribution in [2.45, 2.75) is 38.1 Å². The minimum Gasteiger partial charge on any atom is -0.357 e. The van der Waals surface area contributed by atoms with Gasteiger partial charge < -0.3 is 14.7 Å². The zero-order valence-corrected chi connectivity index (χ0v) is 25.5. The van der Waals surface area contributed by atoms with Gasteiger partial charge in [0.05, 0.1) is 5.69 Å². The van der Waals surface area contributed by atoms with Gasteiger partial charge in [-0.05, 0) is 92.5 Å². The summed E-state index contributed by atoms with van der Waals surface area (Å²) in [5, 5.41) is 4.25. The van der Waals surface area contributed by atoms with Crippen molar-refractivity contribution < 1.29 is 9.59 Å². The van der Waals surface area contributed by atoms with Gasteiger partial charge in [0.1, 0.15) is 5.82 Å². The predicted molar refractivity (Wildman–Crippen MR) is 170 cm³/mol. The molecule has 0 saturated carbocycles. The molecule has 8 heteroatoms. The van der Waals surface area contributed by atoms with E-state index in [0.717, 1.165) is 54.1 Å². The monoisotopic (exact) mass is 576 g/mol. The van der Waals surface area contributed by atoms with Crippen LogP contribution in [0.1, 0.15) is 56.2 Å². The first-order chi connectivity index (χ1) is 20.8. The number of carbonyl (C=O) groups excluding carboxylic acids is 2. The van der Waals surface area contributed by atoms with Crippen molar-refractivity contribution >= 4 is 17.5 Å². The van der Waals surface area contributed by atoms with Crippen LogP contribution in [0.5, 0.6) is 0 Å². The molecule has 8 nitrogen and oxygen atoms in total. The molecule has 2 saturated heterocycles. The molecule has 2 fully saturated rings. The lowest BCUT2D eigenvalue weighted by atomic mass is 9.89. The number of rotatable bonds is 8. The summed E-state index contributed by atoms with van der Waals surface area (Å²) in [6, 6.07) is 20.6. The van der Waals surface area contributed by atoms with E-state index in [-0.39, 0.29) is 18.1 Å². The second-order valence-electron chi connectivity index (χ2n) is 12.2. The predicted octanol–water partition coefficient (Wildman–Crippen LogP) is 4.99. The minimum absolute atomic E-state index is 0.00674. The lowest BCUT2D eigenvalue weighted by Crippen LogP contribution is -2.48. The zero-order valence-electron chi connectivity index (χ0n) is 25.5. The SMILES string of the molecule is Cc1ccc(C(=O)N2CC(c3ccc(-c4ccnn4C)cc3)C2)cc1CC(=O)c1ccc(N(C)C2CCN(C)CC2)nc1. The van der Waals surface area contributed by atoms with E-state index in [1.165, 1.54) is 5.56 Å². The summed E-state index contributed by atoms with van der Waals surface area (Å²) >= 11 is 0. The molecule has 2 aliphatic heterocycles. The third kappa shape index (κ3) is 6.11. The number of likely N-dealkylation sites (tertiary alicyclic amines) is 2. The summed E-state index contributed by atoms with van der Waals surface area (Å²) < 4.78 is 1.87. The lowest BCUT2D eigenvalue weighted by Gasteiger charge is -2.39. The molecule has 0 N–H and O–H groups in total. The number of pyridine rings is 1. The Morgan fingerprint density at radius 3 is 2.30 bits per heavy atom. The standard InChI is InChI=1S/C35H40N6O2/c1-24-5-6-27(35(43)41-22-30(23-41)25-7-9-26(10-8-25)32-13-16-37-40(32)4)19-29(24)20-33(42)28-11-12-34(36-21-28)39(3)31-14-17-38(2)18-15-31/h5-13,16,19,21,30-31H,14-15,17-18,20,22-23H2,1-4H3. The van der Waals surface area contributed by atoms with Crippen molar-refractivity contribution in [1.82, 2.24) is 24.6 Å². The van der Waals surface area contributed by atoms with Gasteiger partial charge in [-0.15, -0.1) is 0 Å². The van der Waals surface area contributed by atoms with Gasteiger partial charge >= 0.3 is 0 Å². The fraction of sp³-hybridized carbons (Fsp3) is 0.371. The highest BCUT2D eigenvalue weighted by atomic mass is 16.2. The number of ketones is 1. The van der Waals surface area contributed by atoms with E-state index < -0.39 is 0 Å². The number of piperidine rings is 1. The molecule has 222 valence electrons. The Kier molecular flexibility index (Phi) is 8.13. The molecule has 0 unspecified atom stereocenters. The average molecular weight is 577 g/mol. The van der Waals surface area contributed by atoms with Gasteiger partial charge in [-0.3, -0.25) is 14.3 Å². The molecule has 43 heavy (non-hydrogen) atoms. The van der Waals surface area contributed by atoms with Crippen molar-refractivity contribution in [3.63, 3.8) is 0 Å². The smallest absolute Gasteiger partial charge is 0.253 e. The molecule has 2 aliphatic rings. The number of carbonyl (C=O) groups is 2. The highest BCUT2D eigenvalue weighted by molar-refractivity contribution is 5.99. The van der Waals surface area contributed by atoms with Crippen LogP contribution >= 0.6 is 0 Å². The van der Waals surface area contributed by atoms with Crippen LogP contribution in [-0.4, -0.2) is 82.6 Å². The highest BCUT2D eigenvalue weighted by Gasteiger charge is 2.32. The van der Waals surface area contributed by atoms with Crippen LogP contribution in [0.15, 0.2) is 73.1 Å². The van der Waals surface area contributed by atoms with Crippen LogP contribution in [0.4, 0.5) is 5.82 Å². The topological polar surface area (TPSA) is 74.6 Å². The first-order valence-electron chi connectivity index (χ1n) is 15.1. The summed E-state index contributed by atoms with van der Waals surface area (Å²) in [5.41, 5.74) is 6.56. The Bertz CT molecular complexity index is 1600. The number of amides is 1. The number of hydrogen-bond donors (Lipinski definition) is 0. The fourth-order valence-electron chi connectivity index (χ4n) is 6.22. The van der Waals surface area contributed by atoms with E-state index in [1.54, 1.807) is 12.4 Å². The van der Waals surface area contributed by atoms with Crippen molar-refractivity contribution in [2.75, 3.05) is 45.2 Å². The first kappa shape index (κ1) is 28.8. The Balaban J connectivity index is 1.06. The van der Waals surface area contributed by atoms with E-state index >= 15 is 0 Å². The molecule has 1 amide bonds. The maximum absolute atomic E-state index is 13.3. The molecular formula is C35H40N6O2. The maximum Gasteiger partial charge on any atom is 0.253 e. The van der Waals surface area contributed by atoms with Gasteiger partial charge in [-0.1, -0.05) is 30.3 Å². The van der Waals surface area contributed by atoms with Crippen LogP contribution < -0.4 is 4.90 Å². The summed E-state index contributed by atoms with van der Waals surface area (Å²) in [4.78, 5) is 37.7. The van der Waals surface area contributed by atoms with E-state index in [0.29, 0.717) is 36.2 Å². The molecule has 4 heterocycles. The second kappa shape index (κ2) is 12.1. The second-order valence-corrected chi connectivity index (χ2v) is 12.2. The average Bonchev–Trinajstić information content (AvgIpc) is 3.43. The molecule has 0 atom stereocenters. The molecule has 4 aromatic rings.